The van der Waals surface area contributed by atoms with Crippen LogP contribution in [0.4, 0.5) is 4.39 Å². The van der Waals surface area contributed by atoms with Gasteiger partial charge in [0.15, 0.2) is 0 Å². The smallest absolute Gasteiger partial charge is 0.123 e. The van der Waals surface area contributed by atoms with Gasteiger partial charge in [-0.15, -0.1) is 0 Å². The zero-order valence-corrected chi connectivity index (χ0v) is 11.2. The highest BCUT2D eigenvalue weighted by atomic mass is 19.1. The van der Waals surface area contributed by atoms with E-state index in [0.717, 1.165) is 38.0 Å². The first-order valence-corrected chi connectivity index (χ1v) is 6.69. The molecule has 0 spiro atoms. The predicted molar refractivity (Wildman–Crippen MR) is 71.2 cm³/mol. The molecule has 1 aromatic carbocycles. The summed E-state index contributed by atoms with van der Waals surface area (Å²) in [6, 6.07) is 7.10. The first kappa shape index (κ1) is 13.5. The molecule has 1 aliphatic heterocycles. The molecular formula is C15H22FNO. The van der Waals surface area contributed by atoms with Crippen molar-refractivity contribution in [1.29, 1.82) is 0 Å². The van der Waals surface area contributed by atoms with E-state index in [4.69, 9.17) is 4.74 Å². The molecule has 2 atom stereocenters. The van der Waals surface area contributed by atoms with Gasteiger partial charge in [-0.1, -0.05) is 12.1 Å². The minimum absolute atomic E-state index is 0.00292. The minimum atomic E-state index is -0.175. The third-order valence-electron chi connectivity index (χ3n) is 3.58. The van der Waals surface area contributed by atoms with Gasteiger partial charge in [0.25, 0.3) is 0 Å². The van der Waals surface area contributed by atoms with Gasteiger partial charge in [-0.3, -0.25) is 0 Å². The molecule has 2 unspecified atom stereocenters. The van der Waals surface area contributed by atoms with Crippen LogP contribution in [0.15, 0.2) is 24.3 Å². The summed E-state index contributed by atoms with van der Waals surface area (Å²) in [5.74, 6) is -0.175. The van der Waals surface area contributed by atoms with Gasteiger partial charge < -0.3 is 10.1 Å². The van der Waals surface area contributed by atoms with Crippen molar-refractivity contribution in [3.63, 3.8) is 0 Å². The summed E-state index contributed by atoms with van der Waals surface area (Å²) in [6.07, 6.45) is 3.20. The van der Waals surface area contributed by atoms with Gasteiger partial charge in [-0.25, -0.2) is 4.39 Å². The highest BCUT2D eigenvalue weighted by molar-refractivity contribution is 5.17. The van der Waals surface area contributed by atoms with Crippen molar-refractivity contribution < 1.29 is 9.13 Å². The normalized spacial score (nSPS) is 25.3. The van der Waals surface area contributed by atoms with Gasteiger partial charge in [0.05, 0.1) is 5.60 Å². The Balaban J connectivity index is 1.78. The molecule has 0 amide bonds. The van der Waals surface area contributed by atoms with E-state index in [1.54, 1.807) is 0 Å². The first-order valence-electron chi connectivity index (χ1n) is 6.69. The van der Waals surface area contributed by atoms with Crippen molar-refractivity contribution in [1.82, 2.24) is 5.32 Å². The summed E-state index contributed by atoms with van der Waals surface area (Å²) in [7, 11) is 0. The molecule has 0 radical (unpaired) electrons. The van der Waals surface area contributed by atoms with Crippen LogP contribution in [0.25, 0.3) is 0 Å². The third-order valence-corrected chi connectivity index (χ3v) is 3.58. The van der Waals surface area contributed by atoms with Crippen LogP contribution in [0.2, 0.25) is 0 Å². The number of hydrogen-bond donors (Lipinski definition) is 1. The number of halogens is 1. The Morgan fingerprint density at radius 2 is 2.11 bits per heavy atom. The maximum atomic E-state index is 12.8. The molecule has 0 aliphatic carbocycles. The lowest BCUT2D eigenvalue weighted by Crippen LogP contribution is -2.41. The molecule has 3 heteroatoms. The molecule has 1 fully saturated rings. The first-order chi connectivity index (χ1) is 8.57. The van der Waals surface area contributed by atoms with Crippen molar-refractivity contribution in [2.24, 2.45) is 0 Å². The van der Waals surface area contributed by atoms with E-state index in [1.807, 2.05) is 12.1 Å². The molecule has 0 aromatic heterocycles. The summed E-state index contributed by atoms with van der Waals surface area (Å²) in [4.78, 5) is 0. The molecule has 100 valence electrons. The summed E-state index contributed by atoms with van der Waals surface area (Å²) in [6.45, 7) is 6.08. The number of ether oxygens (including phenoxy) is 1. The lowest BCUT2D eigenvalue weighted by Gasteiger charge is -2.26. The zero-order chi connectivity index (χ0) is 13.0. The lowest BCUT2D eigenvalue weighted by molar-refractivity contribution is 0.0191. The fraction of sp³-hybridized carbons (Fsp3) is 0.600. The highest BCUT2D eigenvalue weighted by Crippen LogP contribution is 2.24. The van der Waals surface area contributed by atoms with Crippen LogP contribution in [0, 0.1) is 5.82 Å². The highest BCUT2D eigenvalue weighted by Gasteiger charge is 2.29. The SMILES string of the molecule is CC(Cc1ccc(F)cc1)NCC1(C)CCCO1. The number of benzene rings is 1. The largest absolute Gasteiger partial charge is 0.374 e. The summed E-state index contributed by atoms with van der Waals surface area (Å²) in [5.41, 5.74) is 1.16. The van der Waals surface area contributed by atoms with Crippen LogP contribution >= 0.6 is 0 Å². The number of nitrogens with one attached hydrogen (secondary N) is 1. The number of rotatable bonds is 5. The zero-order valence-electron chi connectivity index (χ0n) is 11.2. The van der Waals surface area contributed by atoms with E-state index in [2.05, 4.69) is 19.2 Å². The van der Waals surface area contributed by atoms with Crippen molar-refractivity contribution in [2.45, 2.75) is 44.8 Å². The second-order valence-electron chi connectivity index (χ2n) is 5.51. The van der Waals surface area contributed by atoms with Crippen LogP contribution in [0.5, 0.6) is 0 Å². The van der Waals surface area contributed by atoms with E-state index >= 15 is 0 Å². The van der Waals surface area contributed by atoms with Crippen LogP contribution in [-0.4, -0.2) is 24.8 Å². The molecule has 1 saturated heterocycles. The fourth-order valence-electron chi connectivity index (χ4n) is 2.41. The van der Waals surface area contributed by atoms with E-state index in [-0.39, 0.29) is 11.4 Å². The van der Waals surface area contributed by atoms with Gasteiger partial charge in [-0.05, 0) is 50.8 Å². The van der Waals surface area contributed by atoms with Crippen molar-refractivity contribution in [2.75, 3.05) is 13.2 Å². The maximum absolute atomic E-state index is 12.8. The second-order valence-corrected chi connectivity index (χ2v) is 5.51. The standard InChI is InChI=1S/C15H22FNO/c1-12(10-13-4-6-14(16)7-5-13)17-11-15(2)8-3-9-18-15/h4-7,12,17H,3,8-11H2,1-2H3. The molecule has 1 heterocycles. The van der Waals surface area contributed by atoms with Crippen LogP contribution < -0.4 is 5.32 Å². The van der Waals surface area contributed by atoms with E-state index in [9.17, 15) is 4.39 Å². The average Bonchev–Trinajstić information content (AvgIpc) is 2.78. The van der Waals surface area contributed by atoms with Crippen LogP contribution in [0.1, 0.15) is 32.3 Å². The van der Waals surface area contributed by atoms with E-state index in [1.165, 1.54) is 12.1 Å². The van der Waals surface area contributed by atoms with E-state index in [0.29, 0.717) is 6.04 Å². The van der Waals surface area contributed by atoms with Gasteiger partial charge in [0.1, 0.15) is 5.82 Å². The molecule has 18 heavy (non-hydrogen) atoms. The topological polar surface area (TPSA) is 21.3 Å². The molecular weight excluding hydrogens is 229 g/mol. The Kier molecular flexibility index (Phi) is 4.36. The quantitative estimate of drug-likeness (QED) is 0.868. The van der Waals surface area contributed by atoms with Gasteiger partial charge in [-0.2, -0.15) is 0 Å². The van der Waals surface area contributed by atoms with Crippen LogP contribution in [0.3, 0.4) is 0 Å². The Bertz CT molecular complexity index is 371. The summed E-state index contributed by atoms with van der Waals surface area (Å²) >= 11 is 0. The average molecular weight is 251 g/mol. The fourth-order valence-corrected chi connectivity index (χ4v) is 2.41. The summed E-state index contributed by atoms with van der Waals surface area (Å²) in [5, 5.41) is 3.51. The Morgan fingerprint density at radius 1 is 1.39 bits per heavy atom. The van der Waals surface area contributed by atoms with Gasteiger partial charge >= 0.3 is 0 Å². The second kappa shape index (κ2) is 5.81. The van der Waals surface area contributed by atoms with Crippen molar-refractivity contribution in [3.05, 3.63) is 35.6 Å². The third kappa shape index (κ3) is 3.79. The Morgan fingerprint density at radius 3 is 2.72 bits per heavy atom. The number of hydrogen-bond acceptors (Lipinski definition) is 2. The van der Waals surface area contributed by atoms with Crippen LogP contribution in [-0.2, 0) is 11.2 Å². The molecule has 1 aromatic rings. The monoisotopic (exact) mass is 251 g/mol. The minimum Gasteiger partial charge on any atom is -0.374 e. The van der Waals surface area contributed by atoms with Crippen molar-refractivity contribution >= 4 is 0 Å². The Labute approximate surface area is 109 Å². The molecule has 0 saturated carbocycles. The van der Waals surface area contributed by atoms with Crippen molar-refractivity contribution in [3.8, 4) is 0 Å². The molecule has 1 aliphatic rings. The molecule has 2 rings (SSSR count). The molecule has 2 nitrogen and oxygen atoms in total. The van der Waals surface area contributed by atoms with Gasteiger partial charge in [0.2, 0.25) is 0 Å². The van der Waals surface area contributed by atoms with E-state index < -0.39 is 0 Å². The molecule has 0 bridgehead atoms. The predicted octanol–water partition coefficient (Wildman–Crippen LogP) is 2.92. The summed E-state index contributed by atoms with van der Waals surface area (Å²) < 4.78 is 18.5. The van der Waals surface area contributed by atoms with Gasteiger partial charge in [0, 0.05) is 19.2 Å². The molecule has 1 N–H and O–H groups in total. The Hall–Kier alpha value is -0.930. The maximum Gasteiger partial charge on any atom is 0.123 e. The lowest BCUT2D eigenvalue weighted by atomic mass is 10.0.